The average molecular weight is 390 g/mol. The summed E-state index contributed by atoms with van der Waals surface area (Å²) in [6, 6.07) is 20.3. The number of nitriles is 1. The monoisotopic (exact) mass is 390 g/mol. The molecule has 0 aliphatic heterocycles. The molecule has 0 saturated carbocycles. The Morgan fingerprint density at radius 2 is 1.90 bits per heavy atom. The summed E-state index contributed by atoms with van der Waals surface area (Å²) in [4.78, 5) is 8.70. The van der Waals surface area contributed by atoms with Crippen LogP contribution in [-0.2, 0) is 0 Å². The van der Waals surface area contributed by atoms with Gasteiger partial charge in [0.15, 0.2) is 0 Å². The van der Waals surface area contributed by atoms with Crippen molar-refractivity contribution < 1.29 is 0 Å². The largest absolute Gasteiger partial charge is 0.377 e. The maximum Gasteiger partial charge on any atom is 0.103 e. The summed E-state index contributed by atoms with van der Waals surface area (Å²) >= 11 is 0. The minimum Gasteiger partial charge on any atom is -0.377 e. The molecule has 0 spiro atoms. The number of nitrogens with zero attached hydrogens (tertiary/aromatic N) is 4. The van der Waals surface area contributed by atoms with E-state index >= 15 is 0 Å². The van der Waals surface area contributed by atoms with Gasteiger partial charge < -0.3 is 5.32 Å². The van der Waals surface area contributed by atoms with Gasteiger partial charge in [0.1, 0.15) is 11.8 Å². The van der Waals surface area contributed by atoms with E-state index in [-0.39, 0.29) is 6.04 Å². The third-order valence-electron chi connectivity index (χ3n) is 5.29. The zero-order valence-corrected chi connectivity index (χ0v) is 16.3. The highest BCUT2D eigenvalue weighted by atomic mass is 15.1. The minimum absolute atomic E-state index is 0.0305. The second-order valence-corrected chi connectivity index (χ2v) is 7.16. The highest BCUT2D eigenvalue weighted by Crippen LogP contribution is 2.33. The highest BCUT2D eigenvalue weighted by Gasteiger charge is 2.15. The number of aromatic nitrogens is 4. The second-order valence-electron chi connectivity index (χ2n) is 7.16. The molecule has 30 heavy (non-hydrogen) atoms. The smallest absolute Gasteiger partial charge is 0.103 e. The first-order valence-corrected chi connectivity index (χ1v) is 9.67. The van der Waals surface area contributed by atoms with Crippen LogP contribution in [0.5, 0.6) is 0 Å². The summed E-state index contributed by atoms with van der Waals surface area (Å²) in [7, 11) is 0. The molecule has 0 aliphatic carbocycles. The van der Waals surface area contributed by atoms with Crippen LogP contribution in [0.25, 0.3) is 33.1 Å². The molecule has 2 N–H and O–H groups in total. The molecular weight excluding hydrogens is 372 g/mol. The van der Waals surface area contributed by atoms with E-state index in [2.05, 4.69) is 50.6 Å². The predicted molar refractivity (Wildman–Crippen MR) is 118 cm³/mol. The summed E-state index contributed by atoms with van der Waals surface area (Å²) in [6.45, 7) is 2.08. The van der Waals surface area contributed by atoms with Crippen LogP contribution < -0.4 is 5.32 Å². The first-order chi connectivity index (χ1) is 14.7. The van der Waals surface area contributed by atoms with E-state index < -0.39 is 0 Å². The standard InChI is InChI=1S/C24H18N6/c1-15(16-5-3-2-4-6-16)28-23-18(12-25)13-27-21-8-7-17(11-19(21)23)24-20-14-26-10-9-22(20)29-30-24/h2-11,13-15H,1H3,(H,27,28)(H,29,30). The quantitative estimate of drug-likeness (QED) is 0.439. The third-order valence-corrected chi connectivity index (χ3v) is 5.29. The fourth-order valence-corrected chi connectivity index (χ4v) is 3.70. The van der Waals surface area contributed by atoms with E-state index in [0.29, 0.717) is 5.56 Å². The summed E-state index contributed by atoms with van der Waals surface area (Å²) in [6.07, 6.45) is 5.16. The Kier molecular flexibility index (Phi) is 4.34. The molecule has 0 bridgehead atoms. The number of hydrogen-bond acceptors (Lipinski definition) is 5. The van der Waals surface area contributed by atoms with Crippen molar-refractivity contribution in [2.45, 2.75) is 13.0 Å². The van der Waals surface area contributed by atoms with Crippen molar-refractivity contribution >= 4 is 27.5 Å². The van der Waals surface area contributed by atoms with E-state index in [1.807, 2.05) is 42.5 Å². The lowest BCUT2D eigenvalue weighted by atomic mass is 10.0. The Bertz CT molecular complexity index is 1400. The Morgan fingerprint density at radius 1 is 1.03 bits per heavy atom. The zero-order valence-electron chi connectivity index (χ0n) is 16.3. The molecule has 6 nitrogen and oxygen atoms in total. The normalized spacial score (nSPS) is 12.0. The lowest BCUT2D eigenvalue weighted by Gasteiger charge is -2.18. The fraction of sp³-hybridized carbons (Fsp3) is 0.0833. The number of fused-ring (bicyclic) bond motifs is 2. The summed E-state index contributed by atoms with van der Waals surface area (Å²) in [5, 5.41) is 22.6. The van der Waals surface area contributed by atoms with Crippen molar-refractivity contribution in [1.29, 1.82) is 5.26 Å². The first-order valence-electron chi connectivity index (χ1n) is 9.67. The van der Waals surface area contributed by atoms with Crippen LogP contribution in [0.2, 0.25) is 0 Å². The number of aromatic amines is 1. The fourth-order valence-electron chi connectivity index (χ4n) is 3.70. The lowest BCUT2D eigenvalue weighted by molar-refractivity contribution is 0.885. The van der Waals surface area contributed by atoms with Gasteiger partial charge in [-0.05, 0) is 30.7 Å². The van der Waals surface area contributed by atoms with Crippen LogP contribution in [0.15, 0.2) is 73.2 Å². The maximum absolute atomic E-state index is 9.70. The predicted octanol–water partition coefficient (Wildman–Crippen LogP) is 5.22. The van der Waals surface area contributed by atoms with Gasteiger partial charge in [-0.15, -0.1) is 0 Å². The molecule has 5 rings (SSSR count). The summed E-state index contributed by atoms with van der Waals surface area (Å²) in [5.41, 5.74) is 5.94. The number of pyridine rings is 2. The molecule has 6 heteroatoms. The van der Waals surface area contributed by atoms with Crippen LogP contribution in [0.4, 0.5) is 5.69 Å². The second kappa shape index (κ2) is 7.30. The van der Waals surface area contributed by atoms with Gasteiger partial charge in [0.2, 0.25) is 0 Å². The van der Waals surface area contributed by atoms with E-state index in [4.69, 9.17) is 0 Å². The Labute approximate surface area is 173 Å². The SMILES string of the molecule is CC(Nc1c(C#N)cnc2ccc(-c3n[nH]c4ccncc34)cc12)c1ccccc1. The molecular formula is C24H18N6. The number of rotatable bonds is 4. The highest BCUT2D eigenvalue weighted by molar-refractivity contribution is 5.99. The van der Waals surface area contributed by atoms with Crippen molar-refractivity contribution in [2.75, 3.05) is 5.32 Å². The van der Waals surface area contributed by atoms with E-state index in [0.717, 1.165) is 44.3 Å². The number of nitrogens with one attached hydrogen (secondary N) is 2. The van der Waals surface area contributed by atoms with E-state index in [1.165, 1.54) is 0 Å². The molecule has 1 unspecified atom stereocenters. The van der Waals surface area contributed by atoms with Crippen LogP contribution in [0.3, 0.4) is 0 Å². The molecule has 0 amide bonds. The lowest BCUT2D eigenvalue weighted by Crippen LogP contribution is -2.08. The molecule has 3 heterocycles. The number of anilines is 1. The van der Waals surface area contributed by atoms with Crippen molar-refractivity contribution in [3.05, 3.63) is 84.3 Å². The maximum atomic E-state index is 9.70. The van der Waals surface area contributed by atoms with Gasteiger partial charge in [0.05, 0.1) is 22.3 Å². The van der Waals surface area contributed by atoms with Gasteiger partial charge in [0.25, 0.3) is 0 Å². The molecule has 5 aromatic rings. The number of hydrogen-bond donors (Lipinski definition) is 2. The van der Waals surface area contributed by atoms with Crippen molar-refractivity contribution in [2.24, 2.45) is 0 Å². The number of H-pyrrole nitrogens is 1. The van der Waals surface area contributed by atoms with Gasteiger partial charge in [-0.1, -0.05) is 36.4 Å². The van der Waals surface area contributed by atoms with Crippen molar-refractivity contribution in [1.82, 2.24) is 20.2 Å². The average Bonchev–Trinajstić information content (AvgIpc) is 3.24. The Hall–Kier alpha value is -4.24. The van der Waals surface area contributed by atoms with Crippen LogP contribution in [0, 0.1) is 11.3 Å². The number of benzene rings is 2. The Balaban J connectivity index is 1.65. The summed E-state index contributed by atoms with van der Waals surface area (Å²) < 4.78 is 0. The van der Waals surface area contributed by atoms with Gasteiger partial charge in [-0.3, -0.25) is 15.1 Å². The topological polar surface area (TPSA) is 90.3 Å². The van der Waals surface area contributed by atoms with Crippen LogP contribution in [-0.4, -0.2) is 20.2 Å². The van der Waals surface area contributed by atoms with Gasteiger partial charge in [-0.2, -0.15) is 10.4 Å². The van der Waals surface area contributed by atoms with Crippen molar-refractivity contribution in [3.8, 4) is 17.3 Å². The molecule has 144 valence electrons. The van der Waals surface area contributed by atoms with Crippen molar-refractivity contribution in [3.63, 3.8) is 0 Å². The van der Waals surface area contributed by atoms with E-state index in [9.17, 15) is 5.26 Å². The van der Waals surface area contributed by atoms with Crippen LogP contribution >= 0.6 is 0 Å². The van der Waals surface area contributed by atoms with E-state index in [1.54, 1.807) is 18.6 Å². The summed E-state index contributed by atoms with van der Waals surface area (Å²) in [5.74, 6) is 0. The molecule has 0 radical (unpaired) electrons. The molecule has 2 aromatic carbocycles. The molecule has 1 atom stereocenters. The zero-order chi connectivity index (χ0) is 20.5. The Morgan fingerprint density at radius 3 is 2.73 bits per heavy atom. The third kappa shape index (κ3) is 3.03. The first kappa shape index (κ1) is 17.8. The molecule has 0 aliphatic rings. The molecule has 3 aromatic heterocycles. The molecule has 0 saturated heterocycles. The van der Waals surface area contributed by atoms with Gasteiger partial charge >= 0.3 is 0 Å². The minimum atomic E-state index is 0.0305. The molecule has 0 fully saturated rings. The van der Waals surface area contributed by atoms with Gasteiger partial charge in [-0.25, -0.2) is 0 Å². The van der Waals surface area contributed by atoms with Crippen LogP contribution in [0.1, 0.15) is 24.1 Å². The van der Waals surface area contributed by atoms with Gasteiger partial charge in [0, 0.05) is 41.0 Å².